The minimum Gasteiger partial charge on any atom is -0.303 e. The Kier molecular flexibility index (Phi) is 2.74. The number of piperidine rings is 1. The molecule has 0 radical (unpaired) electrons. The molecule has 1 heterocycles. The predicted molar refractivity (Wildman–Crippen MR) is 72.4 cm³/mol. The summed E-state index contributed by atoms with van der Waals surface area (Å²) in [5.41, 5.74) is 3.05. The van der Waals surface area contributed by atoms with E-state index in [0.717, 1.165) is 17.9 Å². The van der Waals surface area contributed by atoms with Gasteiger partial charge in [-0.05, 0) is 48.8 Å². The van der Waals surface area contributed by atoms with Crippen LogP contribution in [0.5, 0.6) is 0 Å². The van der Waals surface area contributed by atoms with Gasteiger partial charge in [0, 0.05) is 12.6 Å². The van der Waals surface area contributed by atoms with Gasteiger partial charge in [-0.3, -0.25) is 0 Å². The largest absolute Gasteiger partial charge is 0.303 e. The van der Waals surface area contributed by atoms with Crippen LogP contribution in [0.25, 0.3) is 0 Å². The fourth-order valence-electron chi connectivity index (χ4n) is 3.71. The molecule has 1 saturated heterocycles. The number of hydrogen-bond donors (Lipinski definition) is 0. The maximum absolute atomic E-state index is 2.55. The lowest BCUT2D eigenvalue weighted by Gasteiger charge is -2.28. The molecule has 1 aromatic carbocycles. The van der Waals surface area contributed by atoms with Gasteiger partial charge in [0.2, 0.25) is 0 Å². The Morgan fingerprint density at radius 3 is 2.29 bits per heavy atom. The second kappa shape index (κ2) is 4.13. The minimum atomic E-state index is 0.648. The summed E-state index contributed by atoms with van der Waals surface area (Å²) in [6.07, 6.45) is 2.80. The van der Waals surface area contributed by atoms with E-state index in [2.05, 4.69) is 50.1 Å². The molecule has 0 N–H and O–H groups in total. The molecule has 2 bridgehead atoms. The van der Waals surface area contributed by atoms with E-state index >= 15 is 0 Å². The average molecular weight is 229 g/mol. The van der Waals surface area contributed by atoms with Crippen LogP contribution < -0.4 is 0 Å². The van der Waals surface area contributed by atoms with Gasteiger partial charge < -0.3 is 4.90 Å². The maximum Gasteiger partial charge on any atom is 0.0102 e. The molecular weight excluding hydrogens is 206 g/mol. The van der Waals surface area contributed by atoms with E-state index in [1.54, 1.807) is 5.56 Å². The highest BCUT2D eigenvalue weighted by Gasteiger charge is 2.43. The lowest BCUT2D eigenvalue weighted by molar-refractivity contribution is 0.242. The molecule has 0 aromatic heterocycles. The molecule has 3 unspecified atom stereocenters. The zero-order valence-electron chi connectivity index (χ0n) is 11.2. The van der Waals surface area contributed by atoms with Crippen LogP contribution in [0.4, 0.5) is 0 Å². The summed E-state index contributed by atoms with van der Waals surface area (Å²) >= 11 is 0. The van der Waals surface area contributed by atoms with Crippen LogP contribution in [0.3, 0.4) is 0 Å². The third-order valence-electron chi connectivity index (χ3n) is 4.85. The highest BCUT2D eigenvalue weighted by atomic mass is 15.2. The van der Waals surface area contributed by atoms with Gasteiger partial charge in [-0.15, -0.1) is 0 Å². The Labute approximate surface area is 105 Å². The van der Waals surface area contributed by atoms with E-state index in [9.17, 15) is 0 Å². The Hall–Kier alpha value is -0.820. The number of fused-ring (bicyclic) bond motifs is 2. The molecular formula is C16H23N. The average Bonchev–Trinajstić information content (AvgIpc) is 2.87. The number of nitrogens with zero attached hydrogens (tertiary/aromatic N) is 1. The summed E-state index contributed by atoms with van der Waals surface area (Å²) in [5.74, 6) is 2.39. The van der Waals surface area contributed by atoms with Crippen molar-refractivity contribution >= 4 is 0 Å². The molecule has 92 valence electrons. The van der Waals surface area contributed by atoms with Crippen molar-refractivity contribution in [2.45, 2.75) is 44.6 Å². The van der Waals surface area contributed by atoms with Gasteiger partial charge in [-0.25, -0.2) is 0 Å². The highest BCUT2D eigenvalue weighted by Crippen LogP contribution is 2.46. The zero-order valence-corrected chi connectivity index (χ0v) is 11.2. The normalized spacial score (nSPS) is 32.6. The summed E-state index contributed by atoms with van der Waals surface area (Å²) in [5, 5.41) is 0. The summed E-state index contributed by atoms with van der Waals surface area (Å²) < 4.78 is 0. The molecule has 1 aliphatic heterocycles. The first-order valence-electron chi connectivity index (χ1n) is 6.95. The molecule has 1 nitrogen and oxygen atoms in total. The molecule has 3 atom stereocenters. The van der Waals surface area contributed by atoms with E-state index in [4.69, 9.17) is 0 Å². The van der Waals surface area contributed by atoms with Gasteiger partial charge in [0.25, 0.3) is 0 Å². The Balaban J connectivity index is 1.78. The first kappa shape index (κ1) is 11.3. The SMILES string of the molecule is CC(C)c1ccc(C2CC3CC2CN3C)cc1. The van der Waals surface area contributed by atoms with E-state index in [1.165, 1.54) is 24.9 Å². The Bertz CT molecular complexity index is 390. The maximum atomic E-state index is 2.55. The summed E-state index contributed by atoms with van der Waals surface area (Å²) in [6.45, 7) is 5.84. The van der Waals surface area contributed by atoms with E-state index < -0.39 is 0 Å². The van der Waals surface area contributed by atoms with Crippen LogP contribution in [-0.4, -0.2) is 24.5 Å². The fourth-order valence-corrected chi connectivity index (χ4v) is 3.71. The first-order valence-corrected chi connectivity index (χ1v) is 6.95. The molecule has 2 aliphatic rings. The highest BCUT2D eigenvalue weighted by molar-refractivity contribution is 5.29. The third kappa shape index (κ3) is 1.91. The summed E-state index contributed by atoms with van der Waals surface area (Å²) in [4.78, 5) is 2.55. The molecule has 0 amide bonds. The van der Waals surface area contributed by atoms with Gasteiger partial charge in [-0.1, -0.05) is 38.1 Å². The van der Waals surface area contributed by atoms with Crippen molar-refractivity contribution in [3.05, 3.63) is 35.4 Å². The quantitative estimate of drug-likeness (QED) is 0.748. The smallest absolute Gasteiger partial charge is 0.0102 e. The first-order chi connectivity index (χ1) is 8.15. The van der Waals surface area contributed by atoms with Gasteiger partial charge in [-0.2, -0.15) is 0 Å². The van der Waals surface area contributed by atoms with Gasteiger partial charge >= 0.3 is 0 Å². The lowest BCUT2D eigenvalue weighted by atomic mass is 9.86. The molecule has 1 heteroatoms. The number of benzene rings is 1. The van der Waals surface area contributed by atoms with Crippen molar-refractivity contribution in [1.82, 2.24) is 4.90 Å². The van der Waals surface area contributed by atoms with Crippen molar-refractivity contribution in [3.63, 3.8) is 0 Å². The van der Waals surface area contributed by atoms with Crippen LogP contribution in [0.15, 0.2) is 24.3 Å². The van der Waals surface area contributed by atoms with Crippen LogP contribution in [0.1, 0.15) is 49.7 Å². The third-order valence-corrected chi connectivity index (χ3v) is 4.85. The summed E-state index contributed by atoms with van der Waals surface area (Å²) in [7, 11) is 2.28. The van der Waals surface area contributed by atoms with Crippen LogP contribution in [-0.2, 0) is 0 Å². The summed E-state index contributed by atoms with van der Waals surface area (Å²) in [6, 6.07) is 10.3. The molecule has 0 spiro atoms. The van der Waals surface area contributed by atoms with Gasteiger partial charge in [0.05, 0.1) is 0 Å². The second-order valence-corrected chi connectivity index (χ2v) is 6.25. The molecule has 1 saturated carbocycles. The Morgan fingerprint density at radius 2 is 1.82 bits per heavy atom. The molecule has 1 aliphatic carbocycles. The van der Waals surface area contributed by atoms with Crippen molar-refractivity contribution < 1.29 is 0 Å². The standard InChI is InChI=1S/C16H23N/c1-11(2)12-4-6-13(7-5-12)16-9-15-8-14(16)10-17(15)3/h4-7,11,14-16H,8-10H2,1-3H3. The van der Waals surface area contributed by atoms with E-state index in [0.29, 0.717) is 5.92 Å². The zero-order chi connectivity index (χ0) is 12.0. The van der Waals surface area contributed by atoms with Crippen molar-refractivity contribution in [2.24, 2.45) is 5.92 Å². The van der Waals surface area contributed by atoms with Crippen molar-refractivity contribution in [1.29, 1.82) is 0 Å². The lowest BCUT2D eigenvalue weighted by Crippen LogP contribution is -2.31. The number of likely N-dealkylation sites (tertiary alicyclic amines) is 1. The predicted octanol–water partition coefficient (Wildman–Crippen LogP) is 3.62. The van der Waals surface area contributed by atoms with Crippen LogP contribution >= 0.6 is 0 Å². The monoisotopic (exact) mass is 229 g/mol. The molecule has 1 aromatic rings. The molecule has 17 heavy (non-hydrogen) atoms. The van der Waals surface area contributed by atoms with Crippen LogP contribution in [0.2, 0.25) is 0 Å². The van der Waals surface area contributed by atoms with Crippen molar-refractivity contribution in [2.75, 3.05) is 13.6 Å². The molecule has 2 fully saturated rings. The van der Waals surface area contributed by atoms with Crippen LogP contribution in [0, 0.1) is 5.92 Å². The topological polar surface area (TPSA) is 3.24 Å². The van der Waals surface area contributed by atoms with E-state index in [1.807, 2.05) is 0 Å². The second-order valence-electron chi connectivity index (χ2n) is 6.25. The minimum absolute atomic E-state index is 0.648. The number of rotatable bonds is 2. The number of hydrogen-bond acceptors (Lipinski definition) is 1. The fraction of sp³-hybridized carbons (Fsp3) is 0.625. The van der Waals surface area contributed by atoms with Crippen molar-refractivity contribution in [3.8, 4) is 0 Å². The van der Waals surface area contributed by atoms with Gasteiger partial charge in [0.15, 0.2) is 0 Å². The van der Waals surface area contributed by atoms with Gasteiger partial charge in [0.1, 0.15) is 0 Å². The van der Waals surface area contributed by atoms with E-state index in [-0.39, 0.29) is 0 Å². The Morgan fingerprint density at radius 1 is 1.12 bits per heavy atom. The molecule has 3 rings (SSSR count).